The lowest BCUT2D eigenvalue weighted by Gasteiger charge is -2.64. The monoisotopic (exact) mass is 837 g/mol. The van der Waals surface area contributed by atoms with E-state index in [1.165, 1.54) is 17.2 Å². The van der Waals surface area contributed by atoms with Gasteiger partial charge in [-0.3, -0.25) is 19.2 Å². The molecule has 14 heteroatoms. The van der Waals surface area contributed by atoms with Crippen molar-refractivity contribution in [3.8, 4) is 0 Å². The van der Waals surface area contributed by atoms with Gasteiger partial charge in [-0.2, -0.15) is 0 Å². The van der Waals surface area contributed by atoms with E-state index in [1.807, 2.05) is 30.3 Å². The molecule has 324 valence electrons. The smallest absolute Gasteiger partial charge is 0.407 e. The van der Waals surface area contributed by atoms with Gasteiger partial charge in [-0.1, -0.05) is 49.4 Å². The van der Waals surface area contributed by atoms with E-state index < -0.39 is 46.2 Å². The van der Waals surface area contributed by atoms with Crippen LogP contribution in [0.5, 0.6) is 0 Å². The first-order valence-electron chi connectivity index (χ1n) is 21.6. The molecule has 5 fully saturated rings. The number of anilines is 1. The van der Waals surface area contributed by atoms with Gasteiger partial charge < -0.3 is 39.6 Å². The predicted molar refractivity (Wildman–Crippen MR) is 221 cm³/mol. The summed E-state index contributed by atoms with van der Waals surface area (Å²) < 4.78 is 16.3. The van der Waals surface area contributed by atoms with Crippen LogP contribution in [0.2, 0.25) is 0 Å². The number of aliphatic hydroxyl groups is 2. The molecule has 3 amide bonds. The summed E-state index contributed by atoms with van der Waals surface area (Å²) in [6.45, 7) is 4.07. The number of carbonyl (C=O) groups excluding carboxylic acids is 5. The number of hydrogen-bond donors (Lipinski definition) is 4. The number of nitrogens with zero attached hydrogens (tertiary/aromatic N) is 1. The SMILES string of the molecule is C[C@]12CC[C@H](OC(=O)Cc3ccc(NC(=O)[C@@H]4CCCN4C(=O)CNC(=O)OCc4ccccc4)cc3)C[C@H]1CC[C@@H]1[C@@H]2[C@H](O)C(=O)[C@]2(C)[C@@H](c3ccc(=O)oc3)CC[C@]12O. The number of ketones is 1. The van der Waals surface area contributed by atoms with Gasteiger partial charge in [0.15, 0.2) is 5.78 Å². The first-order chi connectivity index (χ1) is 29.2. The van der Waals surface area contributed by atoms with E-state index in [0.29, 0.717) is 74.7 Å². The number of ether oxygens (including phenoxy) is 2. The molecule has 8 rings (SSSR count). The van der Waals surface area contributed by atoms with Crippen molar-refractivity contribution < 1.29 is 48.1 Å². The number of likely N-dealkylation sites (tertiary alicyclic amines) is 1. The highest BCUT2D eigenvalue weighted by Crippen LogP contribution is 2.69. The first kappa shape index (κ1) is 42.4. The maximum absolute atomic E-state index is 14.3. The number of alkyl carbamates (subject to hydrolysis) is 1. The third-order valence-corrected chi connectivity index (χ3v) is 15.1. The third kappa shape index (κ3) is 7.88. The third-order valence-electron chi connectivity index (χ3n) is 15.1. The summed E-state index contributed by atoms with van der Waals surface area (Å²) in [4.78, 5) is 79.0. The van der Waals surface area contributed by atoms with Crippen LogP contribution in [0.3, 0.4) is 0 Å². The largest absolute Gasteiger partial charge is 0.462 e. The van der Waals surface area contributed by atoms with Crippen molar-refractivity contribution >= 4 is 35.3 Å². The molecular weight excluding hydrogens is 783 g/mol. The Morgan fingerprint density at radius 2 is 1.67 bits per heavy atom. The molecule has 10 atom stereocenters. The van der Waals surface area contributed by atoms with E-state index in [0.717, 1.165) is 12.0 Å². The average molecular weight is 838 g/mol. The van der Waals surface area contributed by atoms with Gasteiger partial charge in [0.1, 0.15) is 31.4 Å². The fraction of sp³-hybridized carbons (Fsp3) is 0.532. The van der Waals surface area contributed by atoms with Gasteiger partial charge in [0.25, 0.3) is 0 Å². The van der Waals surface area contributed by atoms with Gasteiger partial charge >= 0.3 is 17.7 Å². The lowest BCUT2D eigenvalue weighted by atomic mass is 9.42. The van der Waals surface area contributed by atoms with Crippen LogP contribution >= 0.6 is 0 Å². The Labute approximate surface area is 354 Å². The van der Waals surface area contributed by atoms with Crippen LogP contribution in [0.4, 0.5) is 10.5 Å². The van der Waals surface area contributed by atoms with Gasteiger partial charge in [-0.05, 0) is 117 Å². The second kappa shape index (κ2) is 16.8. The zero-order valence-corrected chi connectivity index (χ0v) is 34.7. The second-order valence-electron chi connectivity index (χ2n) is 18.2. The Balaban J connectivity index is 0.817. The molecule has 61 heavy (non-hydrogen) atoms. The predicted octanol–water partition coefficient (Wildman–Crippen LogP) is 5.04. The molecule has 0 spiro atoms. The van der Waals surface area contributed by atoms with E-state index in [4.69, 9.17) is 13.9 Å². The first-order valence-corrected chi connectivity index (χ1v) is 21.6. The second-order valence-corrected chi connectivity index (χ2v) is 18.2. The van der Waals surface area contributed by atoms with E-state index in [2.05, 4.69) is 17.6 Å². The lowest BCUT2D eigenvalue weighted by molar-refractivity contribution is -0.229. The van der Waals surface area contributed by atoms with Gasteiger partial charge in [-0.25, -0.2) is 9.59 Å². The Bertz CT molecular complexity index is 2190. The van der Waals surface area contributed by atoms with Gasteiger partial charge in [0.2, 0.25) is 11.8 Å². The molecule has 0 radical (unpaired) electrons. The molecule has 2 heterocycles. The molecule has 5 aliphatic rings. The number of esters is 1. The Morgan fingerprint density at radius 3 is 2.41 bits per heavy atom. The topological polar surface area (TPSA) is 202 Å². The van der Waals surface area contributed by atoms with Crippen LogP contribution in [-0.4, -0.2) is 81.7 Å². The number of benzene rings is 2. The Hall–Kier alpha value is -5.34. The average Bonchev–Trinajstić information content (AvgIpc) is 3.86. The summed E-state index contributed by atoms with van der Waals surface area (Å²) in [6.07, 6.45) is 4.43. The van der Waals surface area contributed by atoms with Crippen LogP contribution < -0.4 is 16.3 Å². The number of amides is 3. The summed E-state index contributed by atoms with van der Waals surface area (Å²) in [5, 5.41) is 29.7. The fourth-order valence-corrected chi connectivity index (χ4v) is 11.9. The number of nitrogens with one attached hydrogen (secondary N) is 2. The zero-order chi connectivity index (χ0) is 43.1. The molecule has 3 aromatic rings. The maximum Gasteiger partial charge on any atom is 0.407 e. The lowest BCUT2D eigenvalue weighted by Crippen LogP contribution is -2.70. The van der Waals surface area contributed by atoms with Gasteiger partial charge in [0.05, 0.1) is 23.7 Å². The normalized spacial score (nSPS) is 32.8. The van der Waals surface area contributed by atoms with Crippen molar-refractivity contribution in [3.05, 3.63) is 100 Å². The zero-order valence-electron chi connectivity index (χ0n) is 34.7. The van der Waals surface area contributed by atoms with E-state index in [9.17, 15) is 39.0 Å². The standard InChI is InChI=1S/C47H55N3O11/c1-45-20-18-33(24-31(45)13-16-35-40(45)41(54)42(55)46(2)34(19-21-47(35,46)58)30-12-17-38(52)59-27-30)61-39(53)23-28-10-14-32(15-11-28)49-43(56)36-9-6-22-50(36)37(51)25-48-44(57)60-26-29-7-4-3-5-8-29/h3-5,7-8,10-12,14-15,17,27,31,33-36,40-41,54,58H,6,9,13,16,18-26H2,1-2H3,(H,48,57)(H,49,56)/t31-,33+,34-,35-,36+,40-,41+,45+,46+,47+/m1/s1. The summed E-state index contributed by atoms with van der Waals surface area (Å²) in [5.74, 6) is -2.48. The van der Waals surface area contributed by atoms with Crippen molar-refractivity contribution in [1.29, 1.82) is 0 Å². The molecular formula is C47H55N3O11. The molecule has 1 saturated heterocycles. The van der Waals surface area contributed by atoms with Crippen molar-refractivity contribution in [1.82, 2.24) is 10.2 Å². The van der Waals surface area contributed by atoms with Crippen LogP contribution in [-0.2, 0) is 41.7 Å². The van der Waals surface area contributed by atoms with Crippen molar-refractivity contribution in [3.63, 3.8) is 0 Å². The van der Waals surface area contributed by atoms with Crippen LogP contribution in [0, 0.1) is 28.6 Å². The van der Waals surface area contributed by atoms with E-state index in [-0.39, 0.29) is 67.0 Å². The minimum Gasteiger partial charge on any atom is -0.462 e. The van der Waals surface area contributed by atoms with E-state index >= 15 is 0 Å². The molecule has 4 aliphatic carbocycles. The molecule has 4 saturated carbocycles. The minimum absolute atomic E-state index is 0.0356. The van der Waals surface area contributed by atoms with Gasteiger partial charge in [0, 0.05) is 30.1 Å². The number of aliphatic hydroxyl groups excluding tert-OH is 1. The highest BCUT2D eigenvalue weighted by Gasteiger charge is 2.73. The van der Waals surface area contributed by atoms with Gasteiger partial charge in [-0.15, -0.1) is 0 Å². The maximum atomic E-state index is 14.3. The highest BCUT2D eigenvalue weighted by atomic mass is 16.5. The molecule has 0 bridgehead atoms. The summed E-state index contributed by atoms with van der Waals surface area (Å²) in [7, 11) is 0. The van der Waals surface area contributed by atoms with Crippen molar-refractivity contribution in [2.75, 3.05) is 18.4 Å². The number of rotatable bonds is 10. The Morgan fingerprint density at radius 1 is 0.902 bits per heavy atom. The highest BCUT2D eigenvalue weighted by molar-refractivity contribution is 5.98. The van der Waals surface area contributed by atoms with Crippen LogP contribution in [0.1, 0.15) is 94.2 Å². The molecule has 0 unspecified atom stereocenters. The molecule has 14 nitrogen and oxygen atoms in total. The summed E-state index contributed by atoms with van der Waals surface area (Å²) in [6, 6.07) is 18.4. The summed E-state index contributed by atoms with van der Waals surface area (Å²) >= 11 is 0. The van der Waals surface area contributed by atoms with Crippen LogP contribution in [0.15, 0.2) is 82.2 Å². The minimum atomic E-state index is -1.32. The number of fused-ring (bicyclic) bond motifs is 5. The Kier molecular flexibility index (Phi) is 11.7. The molecule has 1 aromatic heterocycles. The number of hydrogen-bond acceptors (Lipinski definition) is 11. The quantitative estimate of drug-likeness (QED) is 0.199. The van der Waals surface area contributed by atoms with Crippen LogP contribution in [0.25, 0.3) is 0 Å². The molecule has 2 aromatic carbocycles. The number of Topliss-reactive ketones (excluding diaryl/α,β-unsaturated/α-hetero) is 1. The van der Waals surface area contributed by atoms with Crippen molar-refractivity contribution in [2.24, 2.45) is 28.6 Å². The van der Waals surface area contributed by atoms with Crippen molar-refractivity contribution in [2.45, 2.75) is 114 Å². The van der Waals surface area contributed by atoms with E-state index in [1.54, 1.807) is 37.3 Å². The molecule has 4 N–H and O–H groups in total. The number of carbonyl (C=O) groups is 5. The molecule has 1 aliphatic heterocycles. The summed E-state index contributed by atoms with van der Waals surface area (Å²) in [5.41, 5.74) is -0.757. The fourth-order valence-electron chi connectivity index (χ4n) is 11.9.